The summed E-state index contributed by atoms with van der Waals surface area (Å²) in [7, 11) is 1.69. The SMILES string of the molecule is COCC(CCO)NCCCC1CCCO1. The smallest absolute Gasteiger partial charge is 0.0616 e. The average molecular weight is 231 g/mol. The lowest BCUT2D eigenvalue weighted by atomic mass is 10.1. The maximum atomic E-state index is 8.88. The zero-order valence-corrected chi connectivity index (χ0v) is 10.3. The molecule has 1 rings (SSSR count). The van der Waals surface area contributed by atoms with E-state index in [1.807, 2.05) is 0 Å². The number of ether oxygens (including phenoxy) is 2. The fraction of sp³-hybridized carbons (Fsp3) is 1.00. The van der Waals surface area contributed by atoms with Crippen LogP contribution < -0.4 is 5.32 Å². The normalized spacial score (nSPS) is 22.5. The van der Waals surface area contributed by atoms with Gasteiger partial charge in [0.1, 0.15) is 0 Å². The maximum absolute atomic E-state index is 8.88. The fourth-order valence-electron chi connectivity index (χ4n) is 2.11. The summed E-state index contributed by atoms with van der Waals surface area (Å²) >= 11 is 0. The van der Waals surface area contributed by atoms with Crippen molar-refractivity contribution in [3.05, 3.63) is 0 Å². The van der Waals surface area contributed by atoms with E-state index in [0.29, 0.717) is 12.7 Å². The zero-order chi connectivity index (χ0) is 11.6. The highest BCUT2D eigenvalue weighted by Crippen LogP contribution is 2.16. The van der Waals surface area contributed by atoms with Gasteiger partial charge in [0.15, 0.2) is 0 Å². The minimum atomic E-state index is 0.215. The van der Waals surface area contributed by atoms with Crippen LogP contribution in [0.2, 0.25) is 0 Å². The molecule has 1 aliphatic heterocycles. The second-order valence-corrected chi connectivity index (χ2v) is 4.40. The van der Waals surface area contributed by atoms with Gasteiger partial charge in [0.05, 0.1) is 12.7 Å². The first-order valence-electron chi connectivity index (χ1n) is 6.31. The molecule has 2 atom stereocenters. The van der Waals surface area contributed by atoms with Crippen molar-refractivity contribution in [3.63, 3.8) is 0 Å². The molecule has 0 bridgehead atoms. The number of nitrogens with one attached hydrogen (secondary N) is 1. The second kappa shape index (κ2) is 8.93. The van der Waals surface area contributed by atoms with Crippen molar-refractivity contribution in [2.75, 3.05) is 33.5 Å². The van der Waals surface area contributed by atoms with Crippen molar-refractivity contribution < 1.29 is 14.6 Å². The molecule has 4 heteroatoms. The van der Waals surface area contributed by atoms with Gasteiger partial charge in [-0.1, -0.05) is 0 Å². The molecule has 2 unspecified atom stereocenters. The highest BCUT2D eigenvalue weighted by atomic mass is 16.5. The molecule has 0 aromatic heterocycles. The molecule has 0 amide bonds. The Morgan fingerprint density at radius 1 is 1.56 bits per heavy atom. The molecule has 0 aromatic rings. The third kappa shape index (κ3) is 5.80. The van der Waals surface area contributed by atoms with Crippen LogP contribution in [0.4, 0.5) is 0 Å². The number of methoxy groups -OCH3 is 1. The van der Waals surface area contributed by atoms with E-state index in [9.17, 15) is 0 Å². The highest BCUT2D eigenvalue weighted by Gasteiger charge is 2.14. The van der Waals surface area contributed by atoms with Crippen LogP contribution in [0.15, 0.2) is 0 Å². The van der Waals surface area contributed by atoms with Crippen LogP contribution in [-0.4, -0.2) is 50.7 Å². The Morgan fingerprint density at radius 2 is 2.44 bits per heavy atom. The summed E-state index contributed by atoms with van der Waals surface area (Å²) in [5, 5.41) is 12.3. The Balaban J connectivity index is 1.98. The molecule has 0 aliphatic carbocycles. The predicted molar refractivity (Wildman–Crippen MR) is 63.6 cm³/mol. The maximum Gasteiger partial charge on any atom is 0.0616 e. The Hall–Kier alpha value is -0.160. The van der Waals surface area contributed by atoms with Crippen LogP contribution in [0.3, 0.4) is 0 Å². The van der Waals surface area contributed by atoms with Crippen LogP contribution >= 0.6 is 0 Å². The predicted octanol–water partition coefficient (Wildman–Crippen LogP) is 0.933. The summed E-state index contributed by atoms with van der Waals surface area (Å²) in [6.07, 6.45) is 5.96. The Kier molecular flexibility index (Phi) is 7.76. The molecule has 1 fully saturated rings. The van der Waals surface area contributed by atoms with Gasteiger partial charge >= 0.3 is 0 Å². The minimum absolute atomic E-state index is 0.215. The molecule has 1 saturated heterocycles. The molecule has 96 valence electrons. The molecular formula is C12H25NO3. The zero-order valence-electron chi connectivity index (χ0n) is 10.3. The largest absolute Gasteiger partial charge is 0.396 e. The van der Waals surface area contributed by atoms with Gasteiger partial charge in [0.2, 0.25) is 0 Å². The first-order chi connectivity index (χ1) is 7.86. The fourth-order valence-corrected chi connectivity index (χ4v) is 2.11. The molecular weight excluding hydrogens is 206 g/mol. The number of aliphatic hydroxyl groups excluding tert-OH is 1. The monoisotopic (exact) mass is 231 g/mol. The van der Waals surface area contributed by atoms with Gasteiger partial charge in [-0.05, 0) is 38.6 Å². The summed E-state index contributed by atoms with van der Waals surface area (Å²) in [4.78, 5) is 0. The van der Waals surface area contributed by atoms with Gasteiger partial charge in [-0.25, -0.2) is 0 Å². The van der Waals surface area contributed by atoms with Gasteiger partial charge in [0, 0.05) is 26.4 Å². The quantitative estimate of drug-likeness (QED) is 0.580. The van der Waals surface area contributed by atoms with Crippen LogP contribution in [0, 0.1) is 0 Å². The van der Waals surface area contributed by atoms with E-state index in [1.54, 1.807) is 7.11 Å². The van der Waals surface area contributed by atoms with Gasteiger partial charge in [-0.15, -0.1) is 0 Å². The molecule has 0 radical (unpaired) electrons. The minimum Gasteiger partial charge on any atom is -0.396 e. The summed E-state index contributed by atoms with van der Waals surface area (Å²) in [5.74, 6) is 0. The second-order valence-electron chi connectivity index (χ2n) is 4.40. The van der Waals surface area contributed by atoms with Crippen molar-refractivity contribution in [3.8, 4) is 0 Å². The van der Waals surface area contributed by atoms with Crippen LogP contribution in [0.5, 0.6) is 0 Å². The van der Waals surface area contributed by atoms with E-state index in [0.717, 1.165) is 32.4 Å². The van der Waals surface area contributed by atoms with Crippen LogP contribution in [-0.2, 0) is 9.47 Å². The lowest BCUT2D eigenvalue weighted by Gasteiger charge is -2.17. The van der Waals surface area contributed by atoms with Crippen LogP contribution in [0.25, 0.3) is 0 Å². The highest BCUT2D eigenvalue weighted by molar-refractivity contribution is 4.68. The number of hydrogen-bond acceptors (Lipinski definition) is 4. The van der Waals surface area contributed by atoms with E-state index >= 15 is 0 Å². The molecule has 0 saturated carbocycles. The third-order valence-corrected chi connectivity index (χ3v) is 3.01. The standard InChI is InChI=1S/C12H25NO3/c1-15-10-11(6-8-14)13-7-2-4-12-5-3-9-16-12/h11-14H,2-10H2,1H3. The summed E-state index contributed by atoms with van der Waals surface area (Å²) < 4.78 is 10.7. The molecule has 0 spiro atoms. The van der Waals surface area contributed by atoms with Crippen molar-refractivity contribution in [2.24, 2.45) is 0 Å². The van der Waals surface area contributed by atoms with E-state index in [2.05, 4.69) is 5.32 Å². The van der Waals surface area contributed by atoms with Crippen molar-refractivity contribution in [2.45, 2.75) is 44.2 Å². The molecule has 4 nitrogen and oxygen atoms in total. The first kappa shape index (κ1) is 13.9. The Labute approximate surface area is 98.3 Å². The van der Waals surface area contributed by atoms with E-state index in [1.165, 1.54) is 12.8 Å². The van der Waals surface area contributed by atoms with Crippen LogP contribution in [0.1, 0.15) is 32.1 Å². The molecule has 0 aromatic carbocycles. The van der Waals surface area contributed by atoms with Gasteiger partial charge < -0.3 is 19.9 Å². The first-order valence-corrected chi connectivity index (χ1v) is 6.31. The molecule has 1 aliphatic rings. The average Bonchev–Trinajstić information content (AvgIpc) is 2.78. The van der Waals surface area contributed by atoms with Gasteiger partial charge in [0.25, 0.3) is 0 Å². The van der Waals surface area contributed by atoms with E-state index in [-0.39, 0.29) is 12.6 Å². The Bertz CT molecular complexity index is 154. The van der Waals surface area contributed by atoms with E-state index < -0.39 is 0 Å². The number of hydrogen-bond donors (Lipinski definition) is 2. The van der Waals surface area contributed by atoms with E-state index in [4.69, 9.17) is 14.6 Å². The summed E-state index contributed by atoms with van der Waals surface area (Å²) in [5.41, 5.74) is 0. The third-order valence-electron chi connectivity index (χ3n) is 3.01. The number of aliphatic hydroxyl groups is 1. The lowest BCUT2D eigenvalue weighted by molar-refractivity contribution is 0.101. The summed E-state index contributed by atoms with van der Waals surface area (Å²) in [6, 6.07) is 0.277. The van der Waals surface area contributed by atoms with Crippen molar-refractivity contribution in [1.82, 2.24) is 5.32 Å². The Morgan fingerprint density at radius 3 is 3.06 bits per heavy atom. The number of rotatable bonds is 9. The summed E-state index contributed by atoms with van der Waals surface area (Å²) in [6.45, 7) is 2.80. The van der Waals surface area contributed by atoms with Crippen molar-refractivity contribution in [1.29, 1.82) is 0 Å². The lowest BCUT2D eigenvalue weighted by Crippen LogP contribution is -2.35. The topological polar surface area (TPSA) is 50.7 Å². The van der Waals surface area contributed by atoms with Gasteiger partial charge in [-0.3, -0.25) is 0 Å². The molecule has 1 heterocycles. The molecule has 16 heavy (non-hydrogen) atoms. The molecule has 2 N–H and O–H groups in total. The van der Waals surface area contributed by atoms with Crippen molar-refractivity contribution >= 4 is 0 Å². The van der Waals surface area contributed by atoms with Gasteiger partial charge in [-0.2, -0.15) is 0 Å².